The van der Waals surface area contributed by atoms with Crippen molar-refractivity contribution < 1.29 is 14.3 Å². The van der Waals surface area contributed by atoms with Gasteiger partial charge in [-0.15, -0.1) is 0 Å². The number of piperidine rings is 2. The zero-order chi connectivity index (χ0) is 18.7. The van der Waals surface area contributed by atoms with Crippen LogP contribution in [0.4, 0.5) is 0 Å². The van der Waals surface area contributed by atoms with Gasteiger partial charge in [-0.25, -0.2) is 0 Å². The minimum absolute atomic E-state index is 0.151. The summed E-state index contributed by atoms with van der Waals surface area (Å²) in [5.74, 6) is 0.389. The molecule has 142 valence electrons. The highest BCUT2D eigenvalue weighted by Crippen LogP contribution is 2.40. The Labute approximate surface area is 156 Å². The standard InChI is InChI=1S/C21H30N2O3/c1-16-5-4-6-17(2)19(16)20(25)22-11-9-21(10-12-22)8-7-18(24)23(15-21)13-14-26-3/h4-6H,7-15H2,1-3H3. The topological polar surface area (TPSA) is 49.9 Å². The van der Waals surface area contributed by atoms with Crippen molar-refractivity contribution >= 4 is 11.8 Å². The lowest BCUT2D eigenvalue weighted by Gasteiger charge is -2.47. The maximum atomic E-state index is 13.0. The molecular weight excluding hydrogens is 328 g/mol. The van der Waals surface area contributed by atoms with Crippen LogP contribution >= 0.6 is 0 Å². The molecule has 0 atom stereocenters. The van der Waals surface area contributed by atoms with Gasteiger partial charge in [-0.3, -0.25) is 9.59 Å². The molecule has 0 radical (unpaired) electrons. The van der Waals surface area contributed by atoms with Gasteiger partial charge in [-0.2, -0.15) is 0 Å². The first-order valence-corrected chi connectivity index (χ1v) is 9.58. The Kier molecular flexibility index (Phi) is 5.66. The van der Waals surface area contributed by atoms with Crippen molar-refractivity contribution in [1.82, 2.24) is 9.80 Å². The Morgan fingerprint density at radius 1 is 1.15 bits per heavy atom. The van der Waals surface area contributed by atoms with E-state index < -0.39 is 0 Å². The van der Waals surface area contributed by atoms with Gasteiger partial charge in [0.25, 0.3) is 5.91 Å². The largest absolute Gasteiger partial charge is 0.383 e. The second-order valence-corrected chi connectivity index (χ2v) is 7.87. The van der Waals surface area contributed by atoms with E-state index in [4.69, 9.17) is 4.74 Å². The Bertz CT molecular complexity index is 658. The number of ether oxygens (including phenoxy) is 1. The van der Waals surface area contributed by atoms with E-state index in [0.29, 0.717) is 19.6 Å². The minimum Gasteiger partial charge on any atom is -0.383 e. The molecule has 1 aromatic rings. The molecule has 2 fully saturated rings. The maximum absolute atomic E-state index is 13.0. The van der Waals surface area contributed by atoms with E-state index in [2.05, 4.69) is 0 Å². The fraction of sp³-hybridized carbons (Fsp3) is 0.619. The van der Waals surface area contributed by atoms with E-state index in [0.717, 1.165) is 55.6 Å². The van der Waals surface area contributed by atoms with Gasteiger partial charge in [-0.1, -0.05) is 18.2 Å². The number of carbonyl (C=O) groups is 2. The highest BCUT2D eigenvalue weighted by molar-refractivity contribution is 5.97. The Balaban J connectivity index is 1.65. The number of rotatable bonds is 4. The first kappa shape index (κ1) is 18.9. The average molecular weight is 358 g/mol. The molecular formula is C21H30N2O3. The van der Waals surface area contributed by atoms with Gasteiger partial charge in [0.05, 0.1) is 6.61 Å². The van der Waals surface area contributed by atoms with Gasteiger partial charge in [-0.05, 0) is 49.7 Å². The SMILES string of the molecule is COCCN1CC2(CCC1=O)CCN(C(=O)c1c(C)cccc1C)CC2. The fourth-order valence-electron chi connectivity index (χ4n) is 4.41. The predicted molar refractivity (Wildman–Crippen MR) is 101 cm³/mol. The van der Waals surface area contributed by atoms with E-state index >= 15 is 0 Å². The van der Waals surface area contributed by atoms with Crippen molar-refractivity contribution in [2.45, 2.75) is 39.5 Å². The summed E-state index contributed by atoms with van der Waals surface area (Å²) in [5, 5.41) is 0. The molecule has 2 aliphatic rings. The number of methoxy groups -OCH3 is 1. The van der Waals surface area contributed by atoms with Crippen molar-refractivity contribution in [1.29, 1.82) is 0 Å². The lowest BCUT2D eigenvalue weighted by Crippen LogP contribution is -2.53. The van der Waals surface area contributed by atoms with Gasteiger partial charge < -0.3 is 14.5 Å². The first-order chi connectivity index (χ1) is 12.5. The highest BCUT2D eigenvalue weighted by atomic mass is 16.5. The Morgan fingerprint density at radius 2 is 1.81 bits per heavy atom. The summed E-state index contributed by atoms with van der Waals surface area (Å²) in [6.45, 7) is 7.62. The van der Waals surface area contributed by atoms with Gasteiger partial charge in [0.1, 0.15) is 0 Å². The average Bonchev–Trinajstić information content (AvgIpc) is 2.63. The molecule has 2 saturated heterocycles. The molecule has 3 rings (SSSR count). The van der Waals surface area contributed by atoms with Gasteiger partial charge in [0.15, 0.2) is 0 Å². The maximum Gasteiger partial charge on any atom is 0.254 e. The van der Waals surface area contributed by atoms with Crippen LogP contribution in [0.15, 0.2) is 18.2 Å². The molecule has 0 unspecified atom stereocenters. The number of likely N-dealkylation sites (tertiary alicyclic amines) is 2. The van der Waals surface area contributed by atoms with Crippen LogP contribution < -0.4 is 0 Å². The first-order valence-electron chi connectivity index (χ1n) is 9.58. The molecule has 0 aliphatic carbocycles. The van der Waals surface area contributed by atoms with Crippen LogP contribution in [0, 0.1) is 19.3 Å². The second-order valence-electron chi connectivity index (χ2n) is 7.87. The van der Waals surface area contributed by atoms with Crippen molar-refractivity contribution in [3.63, 3.8) is 0 Å². The van der Waals surface area contributed by atoms with Crippen LogP contribution in [0.3, 0.4) is 0 Å². The number of carbonyl (C=O) groups excluding carboxylic acids is 2. The van der Waals surface area contributed by atoms with Crippen LogP contribution in [0.5, 0.6) is 0 Å². The molecule has 0 bridgehead atoms. The molecule has 2 heterocycles. The van der Waals surface area contributed by atoms with E-state index in [1.807, 2.05) is 41.8 Å². The number of amides is 2. The fourth-order valence-corrected chi connectivity index (χ4v) is 4.41. The molecule has 1 spiro atoms. The lowest BCUT2D eigenvalue weighted by molar-refractivity contribution is -0.139. The summed E-state index contributed by atoms with van der Waals surface area (Å²) in [7, 11) is 1.67. The molecule has 0 saturated carbocycles. The summed E-state index contributed by atoms with van der Waals surface area (Å²) in [5.41, 5.74) is 3.11. The zero-order valence-electron chi connectivity index (χ0n) is 16.2. The third kappa shape index (κ3) is 3.78. The van der Waals surface area contributed by atoms with Crippen LogP contribution in [-0.4, -0.2) is 61.5 Å². The summed E-state index contributed by atoms with van der Waals surface area (Å²) in [4.78, 5) is 29.1. The molecule has 0 aromatic heterocycles. The van der Waals surface area contributed by atoms with Crippen LogP contribution in [0.1, 0.15) is 47.2 Å². The molecule has 1 aromatic carbocycles. The monoisotopic (exact) mass is 358 g/mol. The number of aryl methyl sites for hydroxylation is 2. The molecule has 2 amide bonds. The summed E-state index contributed by atoms with van der Waals surface area (Å²) < 4.78 is 5.14. The van der Waals surface area contributed by atoms with Gasteiger partial charge in [0, 0.05) is 45.3 Å². The zero-order valence-corrected chi connectivity index (χ0v) is 16.2. The third-order valence-corrected chi connectivity index (χ3v) is 6.12. The third-order valence-electron chi connectivity index (χ3n) is 6.12. The van der Waals surface area contributed by atoms with Crippen molar-refractivity contribution in [2.24, 2.45) is 5.41 Å². The van der Waals surface area contributed by atoms with Crippen LogP contribution in [0.25, 0.3) is 0 Å². The second kappa shape index (κ2) is 7.78. The molecule has 5 nitrogen and oxygen atoms in total. The van der Waals surface area contributed by atoms with Crippen molar-refractivity contribution in [3.8, 4) is 0 Å². The number of nitrogens with zero attached hydrogens (tertiary/aromatic N) is 2. The van der Waals surface area contributed by atoms with Gasteiger partial charge >= 0.3 is 0 Å². The summed E-state index contributed by atoms with van der Waals surface area (Å²) in [6, 6.07) is 6.01. The van der Waals surface area contributed by atoms with E-state index in [9.17, 15) is 9.59 Å². The van der Waals surface area contributed by atoms with Crippen molar-refractivity contribution in [3.05, 3.63) is 34.9 Å². The normalized spacial score (nSPS) is 19.9. The van der Waals surface area contributed by atoms with Crippen molar-refractivity contribution in [2.75, 3.05) is 39.9 Å². The van der Waals surface area contributed by atoms with E-state index in [-0.39, 0.29) is 17.2 Å². The smallest absolute Gasteiger partial charge is 0.254 e. The van der Waals surface area contributed by atoms with Crippen LogP contribution in [0.2, 0.25) is 0 Å². The molecule has 26 heavy (non-hydrogen) atoms. The Morgan fingerprint density at radius 3 is 2.42 bits per heavy atom. The minimum atomic E-state index is 0.151. The number of hydrogen-bond acceptors (Lipinski definition) is 3. The van der Waals surface area contributed by atoms with Crippen LogP contribution in [-0.2, 0) is 9.53 Å². The number of benzene rings is 1. The predicted octanol–water partition coefficient (Wildman–Crippen LogP) is 2.79. The van der Waals surface area contributed by atoms with E-state index in [1.165, 1.54) is 0 Å². The molecule has 5 heteroatoms. The summed E-state index contributed by atoms with van der Waals surface area (Å²) >= 11 is 0. The lowest BCUT2D eigenvalue weighted by atomic mass is 9.72. The summed E-state index contributed by atoms with van der Waals surface area (Å²) in [6.07, 6.45) is 3.51. The Hall–Kier alpha value is -1.88. The van der Waals surface area contributed by atoms with E-state index in [1.54, 1.807) is 7.11 Å². The molecule has 0 N–H and O–H groups in total. The quantitative estimate of drug-likeness (QED) is 0.832. The highest BCUT2D eigenvalue weighted by Gasteiger charge is 2.41. The van der Waals surface area contributed by atoms with Gasteiger partial charge in [0.2, 0.25) is 5.91 Å². The number of hydrogen-bond donors (Lipinski definition) is 0. The molecule has 2 aliphatic heterocycles.